The van der Waals surface area contributed by atoms with E-state index in [9.17, 15) is 0 Å². The summed E-state index contributed by atoms with van der Waals surface area (Å²) in [4.78, 5) is 0. The van der Waals surface area contributed by atoms with Gasteiger partial charge in [-0.15, -0.1) is 0 Å². The van der Waals surface area contributed by atoms with E-state index in [4.69, 9.17) is 5.73 Å². The molecule has 3 aliphatic rings. The maximum atomic E-state index is 6.44. The van der Waals surface area contributed by atoms with Crippen molar-refractivity contribution in [1.29, 1.82) is 0 Å². The van der Waals surface area contributed by atoms with Crippen LogP contribution in [0.15, 0.2) is 0 Å². The molecule has 2 N–H and O–H groups in total. The molecule has 0 aromatic carbocycles. The second-order valence-corrected chi connectivity index (χ2v) is 6.32. The van der Waals surface area contributed by atoms with Gasteiger partial charge in [-0.2, -0.15) is 0 Å². The van der Waals surface area contributed by atoms with Gasteiger partial charge in [-0.25, -0.2) is 0 Å². The summed E-state index contributed by atoms with van der Waals surface area (Å²) in [6.07, 6.45) is 10.2. The normalized spacial score (nSPS) is 46.8. The lowest BCUT2D eigenvalue weighted by molar-refractivity contribution is 0.118. The predicted octanol–water partition coefficient (Wildman–Crippen LogP) is 3.19. The first-order valence-electron chi connectivity index (χ1n) is 7.05. The Morgan fingerprint density at radius 2 is 1.60 bits per heavy atom. The molecule has 3 fully saturated rings. The average molecular weight is 207 g/mol. The second-order valence-electron chi connectivity index (χ2n) is 6.32. The van der Waals surface area contributed by atoms with Crippen LogP contribution in [0.1, 0.15) is 51.9 Å². The van der Waals surface area contributed by atoms with Crippen LogP contribution in [-0.4, -0.2) is 6.04 Å². The maximum absolute atomic E-state index is 6.44. The van der Waals surface area contributed by atoms with Gasteiger partial charge in [0.15, 0.2) is 0 Å². The van der Waals surface area contributed by atoms with Crippen LogP contribution < -0.4 is 5.73 Å². The molecule has 0 saturated heterocycles. The summed E-state index contributed by atoms with van der Waals surface area (Å²) in [6.45, 7) is 2.38. The fraction of sp³-hybridized carbons (Fsp3) is 1.00. The van der Waals surface area contributed by atoms with Gasteiger partial charge < -0.3 is 5.73 Å². The van der Waals surface area contributed by atoms with Crippen LogP contribution in [0.4, 0.5) is 0 Å². The van der Waals surface area contributed by atoms with Crippen molar-refractivity contribution < 1.29 is 0 Å². The van der Waals surface area contributed by atoms with Crippen molar-refractivity contribution in [3.63, 3.8) is 0 Å². The molecule has 0 aromatic rings. The molecule has 3 saturated carbocycles. The third-order valence-corrected chi connectivity index (χ3v) is 5.20. The largest absolute Gasteiger partial charge is 0.327 e. The monoisotopic (exact) mass is 207 g/mol. The molecule has 0 spiro atoms. The Morgan fingerprint density at radius 1 is 0.933 bits per heavy atom. The third kappa shape index (κ3) is 1.95. The summed E-state index contributed by atoms with van der Waals surface area (Å²) in [5.74, 6) is 4.95. The van der Waals surface area contributed by atoms with Crippen molar-refractivity contribution in [2.45, 2.75) is 57.9 Å². The second kappa shape index (κ2) is 3.76. The highest BCUT2D eigenvalue weighted by molar-refractivity contribution is 4.98. The van der Waals surface area contributed by atoms with E-state index in [0.717, 1.165) is 29.6 Å². The minimum absolute atomic E-state index is 0.543. The van der Waals surface area contributed by atoms with Crippen LogP contribution in [0.3, 0.4) is 0 Å². The van der Waals surface area contributed by atoms with E-state index in [1.54, 1.807) is 0 Å². The van der Waals surface area contributed by atoms with Gasteiger partial charge in [0.2, 0.25) is 0 Å². The number of hydrogen-bond donors (Lipinski definition) is 1. The van der Waals surface area contributed by atoms with E-state index in [1.807, 2.05) is 0 Å². The van der Waals surface area contributed by atoms with Crippen molar-refractivity contribution in [2.75, 3.05) is 0 Å². The van der Waals surface area contributed by atoms with Gasteiger partial charge in [0.25, 0.3) is 0 Å². The van der Waals surface area contributed by atoms with E-state index in [2.05, 4.69) is 6.92 Å². The minimum atomic E-state index is 0.543. The molecule has 1 heteroatoms. The van der Waals surface area contributed by atoms with Gasteiger partial charge in [-0.3, -0.25) is 0 Å². The lowest BCUT2D eigenvalue weighted by Gasteiger charge is -2.41. The van der Waals surface area contributed by atoms with Crippen molar-refractivity contribution in [2.24, 2.45) is 35.3 Å². The van der Waals surface area contributed by atoms with Crippen LogP contribution in [-0.2, 0) is 0 Å². The van der Waals surface area contributed by atoms with E-state index in [0.29, 0.717) is 6.04 Å². The van der Waals surface area contributed by atoms with Crippen molar-refractivity contribution in [1.82, 2.24) is 0 Å². The molecule has 0 aliphatic heterocycles. The molecule has 0 bridgehead atoms. The fourth-order valence-corrected chi connectivity index (χ4v) is 4.11. The molecule has 0 radical (unpaired) electrons. The van der Waals surface area contributed by atoms with E-state index in [-0.39, 0.29) is 0 Å². The van der Waals surface area contributed by atoms with Crippen molar-refractivity contribution >= 4 is 0 Å². The molecule has 4 unspecified atom stereocenters. The third-order valence-electron chi connectivity index (χ3n) is 5.20. The van der Waals surface area contributed by atoms with Gasteiger partial charge in [-0.1, -0.05) is 13.3 Å². The average Bonchev–Trinajstić information content (AvgIpc) is 3.07. The Balaban J connectivity index is 1.68. The molecule has 3 rings (SSSR count). The molecular weight excluding hydrogens is 182 g/mol. The maximum Gasteiger partial charge on any atom is 0.00751 e. The number of hydrogen-bond acceptors (Lipinski definition) is 1. The van der Waals surface area contributed by atoms with Crippen LogP contribution in [0, 0.1) is 29.6 Å². The summed E-state index contributed by atoms with van der Waals surface area (Å²) in [7, 11) is 0. The number of nitrogens with two attached hydrogens (primary N) is 1. The van der Waals surface area contributed by atoms with Gasteiger partial charge >= 0.3 is 0 Å². The van der Waals surface area contributed by atoms with E-state index < -0.39 is 0 Å². The molecule has 0 amide bonds. The number of rotatable bonds is 3. The first-order valence-corrected chi connectivity index (χ1v) is 7.05. The highest BCUT2D eigenvalue weighted by atomic mass is 14.7. The quantitative estimate of drug-likeness (QED) is 0.755. The molecule has 3 aliphatic carbocycles. The summed E-state index contributed by atoms with van der Waals surface area (Å²) >= 11 is 0. The lowest BCUT2D eigenvalue weighted by Crippen LogP contribution is -2.43. The molecular formula is C14H25N. The standard InChI is InChI=1S/C14H25N/c1-2-9-7-12(10-3-4-10)8-13(15)14(9)11-5-6-11/h9-14H,2-8,15H2,1H3. The summed E-state index contributed by atoms with van der Waals surface area (Å²) in [5, 5.41) is 0. The SMILES string of the molecule is CCC1CC(C2CC2)CC(N)C1C1CC1. The van der Waals surface area contributed by atoms with Crippen LogP contribution in [0.2, 0.25) is 0 Å². The summed E-state index contributed by atoms with van der Waals surface area (Å²) < 4.78 is 0. The topological polar surface area (TPSA) is 26.0 Å². The van der Waals surface area contributed by atoms with Crippen molar-refractivity contribution in [3.05, 3.63) is 0 Å². The fourth-order valence-electron chi connectivity index (χ4n) is 4.11. The van der Waals surface area contributed by atoms with Crippen molar-refractivity contribution in [3.8, 4) is 0 Å². The zero-order valence-corrected chi connectivity index (χ0v) is 9.99. The first-order chi connectivity index (χ1) is 7.29. The molecule has 4 atom stereocenters. The van der Waals surface area contributed by atoms with E-state index in [1.165, 1.54) is 44.9 Å². The Morgan fingerprint density at radius 3 is 2.13 bits per heavy atom. The molecule has 0 heterocycles. The van der Waals surface area contributed by atoms with Gasteiger partial charge in [0, 0.05) is 6.04 Å². The van der Waals surface area contributed by atoms with Gasteiger partial charge in [0.05, 0.1) is 0 Å². The van der Waals surface area contributed by atoms with Gasteiger partial charge in [0.1, 0.15) is 0 Å². The Hall–Kier alpha value is -0.0400. The smallest absolute Gasteiger partial charge is 0.00751 e. The molecule has 15 heavy (non-hydrogen) atoms. The van der Waals surface area contributed by atoms with Gasteiger partial charge in [-0.05, 0) is 68.1 Å². The first kappa shape index (κ1) is 10.1. The zero-order chi connectivity index (χ0) is 10.4. The minimum Gasteiger partial charge on any atom is -0.327 e. The molecule has 86 valence electrons. The molecule has 1 nitrogen and oxygen atoms in total. The molecule has 0 aromatic heterocycles. The summed E-state index contributed by atoms with van der Waals surface area (Å²) in [5.41, 5.74) is 6.44. The summed E-state index contributed by atoms with van der Waals surface area (Å²) in [6, 6.07) is 0.543. The Kier molecular flexibility index (Phi) is 2.54. The predicted molar refractivity (Wildman–Crippen MR) is 63.4 cm³/mol. The Bertz CT molecular complexity index is 229. The Labute approximate surface area is 93.8 Å². The lowest BCUT2D eigenvalue weighted by atomic mass is 9.67. The van der Waals surface area contributed by atoms with Crippen LogP contribution in [0.5, 0.6) is 0 Å². The zero-order valence-electron chi connectivity index (χ0n) is 9.99. The van der Waals surface area contributed by atoms with E-state index >= 15 is 0 Å². The van der Waals surface area contributed by atoms with Crippen LogP contribution in [0.25, 0.3) is 0 Å². The van der Waals surface area contributed by atoms with Crippen LogP contribution >= 0.6 is 0 Å². The highest BCUT2D eigenvalue weighted by Gasteiger charge is 2.46. The highest BCUT2D eigenvalue weighted by Crippen LogP contribution is 2.52.